The number of hydrogen-bond acceptors (Lipinski definition) is 5. The number of aryl methyl sites for hydroxylation is 2. The summed E-state index contributed by atoms with van der Waals surface area (Å²) in [5.41, 5.74) is 5.24. The van der Waals surface area contributed by atoms with E-state index in [-0.39, 0.29) is 11.9 Å². The number of benzene rings is 1. The first-order chi connectivity index (χ1) is 13.0. The third kappa shape index (κ3) is 3.08. The molecule has 4 rings (SSSR count). The lowest BCUT2D eigenvalue weighted by Crippen LogP contribution is -2.31. The van der Waals surface area contributed by atoms with E-state index in [9.17, 15) is 4.79 Å². The van der Waals surface area contributed by atoms with Crippen LogP contribution in [0.2, 0.25) is 0 Å². The van der Waals surface area contributed by atoms with Crippen LogP contribution in [0.1, 0.15) is 29.7 Å². The van der Waals surface area contributed by atoms with Crippen LogP contribution in [0.4, 0.5) is 11.6 Å². The first kappa shape index (κ1) is 17.0. The van der Waals surface area contributed by atoms with Crippen molar-refractivity contribution in [2.45, 2.75) is 26.8 Å². The van der Waals surface area contributed by atoms with E-state index < -0.39 is 0 Å². The van der Waals surface area contributed by atoms with Gasteiger partial charge in [0.15, 0.2) is 0 Å². The molecule has 1 unspecified atom stereocenters. The highest BCUT2D eigenvalue weighted by Crippen LogP contribution is 2.35. The molecule has 1 amide bonds. The van der Waals surface area contributed by atoms with Crippen LogP contribution in [0.25, 0.3) is 0 Å². The summed E-state index contributed by atoms with van der Waals surface area (Å²) < 4.78 is 1.72. The van der Waals surface area contributed by atoms with Crippen LogP contribution in [-0.2, 0) is 4.79 Å². The zero-order valence-corrected chi connectivity index (χ0v) is 15.4. The molecule has 7 heteroatoms. The summed E-state index contributed by atoms with van der Waals surface area (Å²) in [6, 6.07) is 9.36. The number of nitrogens with one attached hydrogen (secondary N) is 2. The summed E-state index contributed by atoms with van der Waals surface area (Å²) in [5, 5.41) is 10.5. The highest BCUT2D eigenvalue weighted by Gasteiger charge is 2.33. The van der Waals surface area contributed by atoms with Gasteiger partial charge < -0.3 is 10.6 Å². The van der Waals surface area contributed by atoms with E-state index in [2.05, 4.69) is 25.7 Å². The van der Waals surface area contributed by atoms with Gasteiger partial charge in [-0.2, -0.15) is 10.1 Å². The number of hydrogen-bond donors (Lipinski definition) is 2. The van der Waals surface area contributed by atoms with Crippen LogP contribution < -0.4 is 10.6 Å². The maximum absolute atomic E-state index is 13.2. The average molecular weight is 360 g/mol. The Bertz CT molecular complexity index is 1040. The van der Waals surface area contributed by atoms with Crippen molar-refractivity contribution in [2.24, 2.45) is 0 Å². The van der Waals surface area contributed by atoms with E-state index in [0.29, 0.717) is 11.5 Å². The first-order valence-corrected chi connectivity index (χ1v) is 8.70. The molecule has 0 bridgehead atoms. The zero-order chi connectivity index (χ0) is 19.0. The van der Waals surface area contributed by atoms with E-state index in [0.717, 1.165) is 28.1 Å². The normalized spacial score (nSPS) is 15.9. The quantitative estimate of drug-likeness (QED) is 0.749. The summed E-state index contributed by atoms with van der Waals surface area (Å²) in [6.45, 7) is 5.89. The highest BCUT2D eigenvalue weighted by molar-refractivity contribution is 6.06. The van der Waals surface area contributed by atoms with Gasteiger partial charge >= 0.3 is 0 Å². The van der Waals surface area contributed by atoms with Crippen molar-refractivity contribution < 1.29 is 4.79 Å². The number of anilines is 2. The van der Waals surface area contributed by atoms with Crippen molar-refractivity contribution in [1.82, 2.24) is 19.7 Å². The van der Waals surface area contributed by atoms with E-state index in [1.54, 1.807) is 17.1 Å². The number of rotatable bonds is 3. The van der Waals surface area contributed by atoms with Gasteiger partial charge in [0.2, 0.25) is 5.95 Å². The predicted octanol–water partition coefficient (Wildman–Crippen LogP) is 3.22. The molecule has 0 fully saturated rings. The Labute approximate surface area is 157 Å². The van der Waals surface area contributed by atoms with E-state index >= 15 is 0 Å². The Morgan fingerprint density at radius 1 is 1.15 bits per heavy atom. The molecule has 1 atom stereocenters. The molecular formula is C20H20N6O. The van der Waals surface area contributed by atoms with Gasteiger partial charge in [0, 0.05) is 23.8 Å². The third-order valence-corrected chi connectivity index (χ3v) is 4.69. The molecule has 3 heterocycles. The Hall–Kier alpha value is -3.48. The fourth-order valence-electron chi connectivity index (χ4n) is 3.38. The molecule has 3 aromatic rings. The lowest BCUT2D eigenvalue weighted by molar-refractivity contribution is -0.113. The maximum atomic E-state index is 13.2. The van der Waals surface area contributed by atoms with Crippen molar-refractivity contribution in [1.29, 1.82) is 0 Å². The fourth-order valence-corrected chi connectivity index (χ4v) is 3.38. The summed E-state index contributed by atoms with van der Waals surface area (Å²) in [6.07, 6.45) is 4.90. The van der Waals surface area contributed by atoms with Crippen LogP contribution in [0.5, 0.6) is 0 Å². The van der Waals surface area contributed by atoms with Gasteiger partial charge in [-0.3, -0.25) is 9.78 Å². The minimum Gasteiger partial charge on any atom is -0.328 e. The monoisotopic (exact) mass is 360 g/mol. The van der Waals surface area contributed by atoms with Gasteiger partial charge in [0.05, 0.1) is 5.57 Å². The average Bonchev–Trinajstić information content (AvgIpc) is 3.11. The molecule has 0 spiro atoms. The van der Waals surface area contributed by atoms with Crippen LogP contribution in [-0.4, -0.2) is 25.7 Å². The number of amides is 1. The molecule has 0 radical (unpaired) electrons. The second-order valence-corrected chi connectivity index (χ2v) is 6.65. The van der Waals surface area contributed by atoms with Crippen LogP contribution in [0.3, 0.4) is 0 Å². The van der Waals surface area contributed by atoms with Gasteiger partial charge in [-0.15, -0.1) is 0 Å². The fraction of sp³-hybridized carbons (Fsp3) is 0.200. The Balaban J connectivity index is 1.75. The van der Waals surface area contributed by atoms with Crippen LogP contribution >= 0.6 is 0 Å². The molecule has 1 aliphatic rings. The molecule has 1 aliphatic heterocycles. The third-order valence-electron chi connectivity index (χ3n) is 4.69. The highest BCUT2D eigenvalue weighted by atomic mass is 16.1. The number of aromatic nitrogens is 4. The second kappa shape index (κ2) is 6.68. The largest absolute Gasteiger partial charge is 0.328 e. The summed E-state index contributed by atoms with van der Waals surface area (Å²) in [5.74, 6) is 0.437. The molecule has 2 N–H and O–H groups in total. The van der Waals surface area contributed by atoms with E-state index in [1.165, 1.54) is 6.33 Å². The Kier molecular flexibility index (Phi) is 4.19. The number of carbonyl (C=O) groups is 1. The van der Waals surface area contributed by atoms with Gasteiger partial charge in [-0.05, 0) is 50.1 Å². The minimum atomic E-state index is -0.377. The van der Waals surface area contributed by atoms with Crippen molar-refractivity contribution in [3.8, 4) is 0 Å². The standard InChI is InChI=1S/C20H20N6O/c1-12-4-5-16(13(2)10-12)25-19(27)17-14(3)24-20-22-11-23-26(20)18(17)15-6-8-21-9-7-15/h4-11,18H,1-3H3,(H,25,27)(H,22,23,24). The minimum absolute atomic E-state index is 0.171. The molecule has 27 heavy (non-hydrogen) atoms. The summed E-state index contributed by atoms with van der Waals surface area (Å²) in [7, 11) is 0. The van der Waals surface area contributed by atoms with Crippen LogP contribution in [0.15, 0.2) is 60.3 Å². The molecule has 7 nitrogen and oxygen atoms in total. The molecule has 1 aromatic carbocycles. The maximum Gasteiger partial charge on any atom is 0.255 e. The van der Waals surface area contributed by atoms with Crippen molar-refractivity contribution >= 4 is 17.5 Å². The molecule has 2 aromatic heterocycles. The van der Waals surface area contributed by atoms with Crippen molar-refractivity contribution in [2.75, 3.05) is 10.6 Å². The molecular weight excluding hydrogens is 340 g/mol. The second-order valence-electron chi connectivity index (χ2n) is 6.65. The SMILES string of the molecule is CC1=C(C(=O)Nc2ccc(C)cc2C)C(c2ccncc2)n2ncnc2N1. The van der Waals surface area contributed by atoms with Crippen molar-refractivity contribution in [3.05, 3.63) is 77.0 Å². The lowest BCUT2D eigenvalue weighted by atomic mass is 9.95. The zero-order valence-electron chi connectivity index (χ0n) is 15.4. The van der Waals surface area contributed by atoms with E-state index in [1.807, 2.05) is 51.1 Å². The van der Waals surface area contributed by atoms with Crippen molar-refractivity contribution in [3.63, 3.8) is 0 Å². The number of allylic oxidation sites excluding steroid dienone is 1. The number of carbonyl (C=O) groups excluding carboxylic acids is 1. The molecule has 0 saturated carbocycles. The topological polar surface area (TPSA) is 84.7 Å². The molecule has 136 valence electrons. The van der Waals surface area contributed by atoms with Gasteiger partial charge in [-0.1, -0.05) is 17.7 Å². The summed E-state index contributed by atoms with van der Waals surface area (Å²) in [4.78, 5) is 21.6. The van der Waals surface area contributed by atoms with Gasteiger partial charge in [-0.25, -0.2) is 4.68 Å². The number of pyridine rings is 1. The lowest BCUT2D eigenvalue weighted by Gasteiger charge is -2.28. The smallest absolute Gasteiger partial charge is 0.255 e. The Morgan fingerprint density at radius 3 is 2.67 bits per heavy atom. The van der Waals surface area contributed by atoms with Crippen LogP contribution in [0, 0.1) is 13.8 Å². The first-order valence-electron chi connectivity index (χ1n) is 8.70. The predicted molar refractivity (Wildman–Crippen MR) is 103 cm³/mol. The molecule has 0 saturated heterocycles. The van der Waals surface area contributed by atoms with Gasteiger partial charge in [0.1, 0.15) is 12.4 Å². The number of nitrogens with zero attached hydrogens (tertiary/aromatic N) is 4. The van der Waals surface area contributed by atoms with E-state index in [4.69, 9.17) is 0 Å². The van der Waals surface area contributed by atoms with Gasteiger partial charge in [0.25, 0.3) is 5.91 Å². The number of fused-ring (bicyclic) bond motifs is 1. The molecule has 0 aliphatic carbocycles. The Morgan fingerprint density at radius 2 is 1.93 bits per heavy atom. The summed E-state index contributed by atoms with van der Waals surface area (Å²) >= 11 is 0.